The molecule has 0 saturated carbocycles. The number of hydrogen-bond donors (Lipinski definition) is 1. The number of nitrogens with one attached hydrogen (secondary N) is 1. The van der Waals surface area contributed by atoms with Gasteiger partial charge in [-0.3, -0.25) is 9.48 Å². The molecule has 0 aliphatic carbocycles. The highest BCUT2D eigenvalue weighted by Gasteiger charge is 2.19. The quantitative estimate of drug-likeness (QED) is 0.754. The molecule has 1 aromatic carbocycles. The SMILES string of the molecule is CCC(NC(=O)c1ccc(-c2ccccc2Cl)o1)c1ccnn1C. The number of furan rings is 1. The number of hydrogen-bond acceptors (Lipinski definition) is 3. The van der Waals surface area contributed by atoms with Crippen LogP contribution in [0, 0.1) is 0 Å². The van der Waals surface area contributed by atoms with Crippen LogP contribution < -0.4 is 5.32 Å². The zero-order chi connectivity index (χ0) is 17.1. The number of amides is 1. The van der Waals surface area contributed by atoms with E-state index in [-0.39, 0.29) is 17.7 Å². The van der Waals surface area contributed by atoms with Gasteiger partial charge in [0.2, 0.25) is 0 Å². The molecule has 0 radical (unpaired) electrons. The molecule has 124 valence electrons. The lowest BCUT2D eigenvalue weighted by Crippen LogP contribution is -2.29. The molecule has 24 heavy (non-hydrogen) atoms. The first-order valence-corrected chi connectivity index (χ1v) is 8.11. The number of benzene rings is 1. The van der Waals surface area contributed by atoms with Crippen molar-refractivity contribution in [1.29, 1.82) is 0 Å². The van der Waals surface area contributed by atoms with Crippen LogP contribution in [0.2, 0.25) is 5.02 Å². The fourth-order valence-electron chi connectivity index (χ4n) is 2.61. The molecule has 0 saturated heterocycles. The molecule has 0 fully saturated rings. The number of carbonyl (C=O) groups excluding carboxylic acids is 1. The second kappa shape index (κ2) is 6.93. The molecule has 1 N–H and O–H groups in total. The van der Waals surface area contributed by atoms with Gasteiger partial charge in [-0.15, -0.1) is 0 Å². The summed E-state index contributed by atoms with van der Waals surface area (Å²) >= 11 is 6.17. The van der Waals surface area contributed by atoms with Crippen LogP contribution in [0.25, 0.3) is 11.3 Å². The zero-order valence-electron chi connectivity index (χ0n) is 13.5. The molecular weight excluding hydrogens is 326 g/mol. The maximum absolute atomic E-state index is 12.5. The molecule has 0 aliphatic rings. The third-order valence-corrected chi connectivity index (χ3v) is 4.23. The summed E-state index contributed by atoms with van der Waals surface area (Å²) in [5, 5.41) is 7.71. The van der Waals surface area contributed by atoms with Crippen LogP contribution >= 0.6 is 11.6 Å². The maximum atomic E-state index is 12.5. The third-order valence-electron chi connectivity index (χ3n) is 3.90. The number of aryl methyl sites for hydroxylation is 1. The Bertz CT molecular complexity index is 853. The molecule has 1 atom stereocenters. The highest BCUT2D eigenvalue weighted by atomic mass is 35.5. The summed E-state index contributed by atoms with van der Waals surface area (Å²) in [7, 11) is 1.85. The molecule has 5 nitrogen and oxygen atoms in total. The van der Waals surface area contributed by atoms with Gasteiger partial charge in [-0.05, 0) is 36.8 Å². The number of nitrogens with zero attached hydrogens (tertiary/aromatic N) is 2. The van der Waals surface area contributed by atoms with Crippen molar-refractivity contribution in [3.63, 3.8) is 0 Å². The van der Waals surface area contributed by atoms with Gasteiger partial charge in [0.25, 0.3) is 5.91 Å². The minimum Gasteiger partial charge on any atom is -0.451 e. The smallest absolute Gasteiger partial charge is 0.287 e. The van der Waals surface area contributed by atoms with Crippen LogP contribution in [0.15, 0.2) is 53.1 Å². The van der Waals surface area contributed by atoms with Gasteiger partial charge in [0.1, 0.15) is 5.76 Å². The van der Waals surface area contributed by atoms with Crippen LogP contribution in [-0.4, -0.2) is 15.7 Å². The van der Waals surface area contributed by atoms with Crippen molar-refractivity contribution in [2.75, 3.05) is 0 Å². The summed E-state index contributed by atoms with van der Waals surface area (Å²) < 4.78 is 7.44. The predicted molar refractivity (Wildman–Crippen MR) is 92.9 cm³/mol. The Hall–Kier alpha value is -2.53. The Morgan fingerprint density at radius 1 is 1.29 bits per heavy atom. The monoisotopic (exact) mass is 343 g/mol. The second-order valence-electron chi connectivity index (χ2n) is 5.46. The summed E-state index contributed by atoms with van der Waals surface area (Å²) in [6.45, 7) is 2.01. The number of aromatic nitrogens is 2. The van der Waals surface area contributed by atoms with Gasteiger partial charge < -0.3 is 9.73 Å². The van der Waals surface area contributed by atoms with Gasteiger partial charge in [-0.25, -0.2) is 0 Å². The molecule has 0 bridgehead atoms. The number of halogens is 1. The normalized spacial score (nSPS) is 12.1. The highest BCUT2D eigenvalue weighted by Crippen LogP contribution is 2.29. The predicted octanol–water partition coefficient (Wildman–Crippen LogP) is 4.21. The van der Waals surface area contributed by atoms with E-state index in [1.165, 1.54) is 0 Å². The minimum absolute atomic E-state index is 0.126. The lowest BCUT2D eigenvalue weighted by molar-refractivity contribution is 0.0906. The van der Waals surface area contributed by atoms with E-state index in [1.54, 1.807) is 29.1 Å². The average Bonchev–Trinajstić information content (AvgIpc) is 3.22. The van der Waals surface area contributed by atoms with Gasteiger partial charge in [-0.2, -0.15) is 5.10 Å². The molecule has 0 spiro atoms. The molecule has 3 rings (SSSR count). The van der Waals surface area contributed by atoms with E-state index in [0.717, 1.165) is 17.7 Å². The van der Waals surface area contributed by atoms with Crippen LogP contribution in [0.1, 0.15) is 35.6 Å². The minimum atomic E-state index is -0.263. The Morgan fingerprint density at radius 3 is 2.75 bits per heavy atom. The summed E-state index contributed by atoms with van der Waals surface area (Å²) in [5.74, 6) is 0.561. The molecule has 3 aromatic rings. The second-order valence-corrected chi connectivity index (χ2v) is 5.86. The lowest BCUT2D eigenvalue weighted by Gasteiger charge is -2.16. The molecule has 0 aliphatic heterocycles. The summed E-state index contributed by atoms with van der Waals surface area (Å²) in [5.41, 5.74) is 1.71. The van der Waals surface area contributed by atoms with Gasteiger partial charge in [0.15, 0.2) is 5.76 Å². The van der Waals surface area contributed by atoms with E-state index in [9.17, 15) is 4.79 Å². The molecule has 1 unspecified atom stereocenters. The topological polar surface area (TPSA) is 60.1 Å². The fraction of sp³-hybridized carbons (Fsp3) is 0.222. The zero-order valence-corrected chi connectivity index (χ0v) is 14.2. The number of carbonyl (C=O) groups is 1. The van der Waals surface area contributed by atoms with Crippen molar-refractivity contribution in [2.45, 2.75) is 19.4 Å². The first-order chi connectivity index (χ1) is 11.6. The fourth-order valence-corrected chi connectivity index (χ4v) is 2.84. The van der Waals surface area contributed by atoms with Crippen molar-refractivity contribution in [3.05, 3.63) is 65.1 Å². The van der Waals surface area contributed by atoms with E-state index in [0.29, 0.717) is 10.8 Å². The summed E-state index contributed by atoms with van der Waals surface area (Å²) in [6, 6.07) is 12.5. The average molecular weight is 344 g/mol. The molecule has 2 aromatic heterocycles. The maximum Gasteiger partial charge on any atom is 0.287 e. The standard InChI is InChI=1S/C18H18ClN3O2/c1-3-14(15-10-11-20-22(15)2)21-18(23)17-9-8-16(24-17)12-6-4-5-7-13(12)19/h4-11,14H,3H2,1-2H3,(H,21,23). The lowest BCUT2D eigenvalue weighted by atomic mass is 10.1. The molecule has 1 amide bonds. The Balaban J connectivity index is 1.79. The molecule has 6 heteroatoms. The van der Waals surface area contributed by atoms with Gasteiger partial charge >= 0.3 is 0 Å². The largest absolute Gasteiger partial charge is 0.451 e. The van der Waals surface area contributed by atoms with Crippen LogP contribution in [0.3, 0.4) is 0 Å². The third kappa shape index (κ3) is 3.21. The van der Waals surface area contributed by atoms with E-state index >= 15 is 0 Å². The van der Waals surface area contributed by atoms with Gasteiger partial charge in [-0.1, -0.05) is 30.7 Å². The Labute approximate surface area is 145 Å². The van der Waals surface area contributed by atoms with E-state index < -0.39 is 0 Å². The van der Waals surface area contributed by atoms with Crippen molar-refractivity contribution in [1.82, 2.24) is 15.1 Å². The van der Waals surface area contributed by atoms with Crippen molar-refractivity contribution >= 4 is 17.5 Å². The highest BCUT2D eigenvalue weighted by molar-refractivity contribution is 6.33. The van der Waals surface area contributed by atoms with Crippen molar-refractivity contribution in [2.24, 2.45) is 7.05 Å². The number of rotatable bonds is 5. The van der Waals surface area contributed by atoms with E-state index in [4.69, 9.17) is 16.0 Å². The van der Waals surface area contributed by atoms with E-state index in [1.807, 2.05) is 38.2 Å². The molecule has 2 heterocycles. The van der Waals surface area contributed by atoms with E-state index in [2.05, 4.69) is 10.4 Å². The first kappa shape index (κ1) is 16.3. The van der Waals surface area contributed by atoms with Crippen LogP contribution in [0.5, 0.6) is 0 Å². The Morgan fingerprint density at radius 2 is 2.08 bits per heavy atom. The van der Waals surface area contributed by atoms with Crippen molar-refractivity contribution < 1.29 is 9.21 Å². The van der Waals surface area contributed by atoms with Crippen LogP contribution in [0.4, 0.5) is 0 Å². The van der Waals surface area contributed by atoms with Crippen molar-refractivity contribution in [3.8, 4) is 11.3 Å². The van der Waals surface area contributed by atoms with Crippen LogP contribution in [-0.2, 0) is 7.05 Å². The summed E-state index contributed by atoms with van der Waals surface area (Å²) in [4.78, 5) is 12.5. The Kier molecular flexibility index (Phi) is 4.71. The van der Waals surface area contributed by atoms with Gasteiger partial charge in [0.05, 0.1) is 16.8 Å². The van der Waals surface area contributed by atoms with Gasteiger partial charge in [0, 0.05) is 18.8 Å². The summed E-state index contributed by atoms with van der Waals surface area (Å²) in [6.07, 6.45) is 2.47. The first-order valence-electron chi connectivity index (χ1n) is 7.73. The molecular formula is C18H18ClN3O2.